The van der Waals surface area contributed by atoms with Crippen LogP contribution in [0.1, 0.15) is 25.5 Å². The van der Waals surface area contributed by atoms with Crippen LogP contribution in [0.4, 0.5) is 8.78 Å². The molecule has 0 aliphatic carbocycles. The molecule has 0 spiro atoms. The molecule has 0 saturated carbocycles. The molecular weight excluding hydrogens is 394 g/mol. The number of nitrogens with zero attached hydrogens (tertiary/aromatic N) is 1. The Morgan fingerprint density at radius 1 is 1.14 bits per heavy atom. The Morgan fingerprint density at radius 3 is 2.41 bits per heavy atom. The monoisotopic (exact) mass is 419 g/mol. The molecule has 1 heterocycles. The molecule has 0 amide bonds. The van der Waals surface area contributed by atoms with E-state index >= 15 is 0 Å². The summed E-state index contributed by atoms with van der Waals surface area (Å²) in [4.78, 5) is 0. The second kappa shape index (κ2) is 8.18. The molecule has 2 aromatic rings. The maximum atomic E-state index is 14.1. The molecular formula is C22H25F2N2O2S+. The highest BCUT2D eigenvalue weighted by Crippen LogP contribution is 2.37. The van der Waals surface area contributed by atoms with Crippen molar-refractivity contribution in [3.63, 3.8) is 0 Å². The van der Waals surface area contributed by atoms with Gasteiger partial charge in [-0.2, -0.15) is 12.3 Å². The molecule has 3 rings (SSSR count). The summed E-state index contributed by atoms with van der Waals surface area (Å²) in [7, 11) is -3.49. The van der Waals surface area contributed by atoms with Crippen LogP contribution in [0.2, 0.25) is 0 Å². The molecule has 0 radical (unpaired) electrons. The van der Waals surface area contributed by atoms with Crippen LogP contribution in [0.15, 0.2) is 66.4 Å². The summed E-state index contributed by atoms with van der Waals surface area (Å²) in [5, 5.41) is 0. The van der Waals surface area contributed by atoms with E-state index in [1.165, 1.54) is 12.1 Å². The maximum Gasteiger partial charge on any atom is 0.301 e. The van der Waals surface area contributed by atoms with Crippen molar-refractivity contribution >= 4 is 10.0 Å². The Morgan fingerprint density at radius 2 is 1.83 bits per heavy atom. The van der Waals surface area contributed by atoms with E-state index < -0.39 is 27.7 Å². The Bertz CT molecular complexity index is 1060. The van der Waals surface area contributed by atoms with E-state index in [2.05, 4.69) is 0 Å². The lowest BCUT2D eigenvalue weighted by atomic mass is 9.99. The standard InChI is InChI=1S/C22H25F2N2O2S/c1-3-29(27,28)26(12-4-5-17(14-25)15-26)16(2)18-6-8-19(9-7-18)21-11-10-20(23)13-22(21)24/h4-11,13,15-16H,3,12,14,25H2,1-2H3/q+1. The highest BCUT2D eigenvalue weighted by atomic mass is 32.2. The van der Waals surface area contributed by atoms with Crippen LogP contribution >= 0.6 is 0 Å². The number of sulfonamides is 1. The van der Waals surface area contributed by atoms with Crippen LogP contribution in [-0.4, -0.2) is 31.1 Å². The summed E-state index contributed by atoms with van der Waals surface area (Å²) >= 11 is 0. The van der Waals surface area contributed by atoms with Gasteiger partial charge in [0.05, 0.1) is 5.75 Å². The fraction of sp³-hybridized carbons (Fsp3) is 0.273. The van der Waals surface area contributed by atoms with E-state index in [-0.39, 0.29) is 16.2 Å². The van der Waals surface area contributed by atoms with Crippen LogP contribution in [0.25, 0.3) is 11.1 Å². The molecule has 7 heteroatoms. The van der Waals surface area contributed by atoms with E-state index in [0.717, 1.165) is 17.2 Å². The van der Waals surface area contributed by atoms with Gasteiger partial charge in [0.25, 0.3) is 0 Å². The van der Waals surface area contributed by atoms with Crippen molar-refractivity contribution in [2.75, 3.05) is 18.8 Å². The second-order valence-electron chi connectivity index (χ2n) is 7.14. The van der Waals surface area contributed by atoms with Crippen molar-refractivity contribution in [2.45, 2.75) is 19.9 Å². The predicted octanol–water partition coefficient (Wildman–Crippen LogP) is 4.27. The average molecular weight is 420 g/mol. The maximum absolute atomic E-state index is 14.1. The fourth-order valence-corrected chi connectivity index (χ4v) is 5.42. The first kappa shape index (κ1) is 21.4. The normalized spacial score (nSPS) is 20.4. The van der Waals surface area contributed by atoms with Crippen LogP contribution in [0.5, 0.6) is 0 Å². The molecule has 1 aliphatic rings. The van der Waals surface area contributed by atoms with Gasteiger partial charge in [0.1, 0.15) is 30.4 Å². The van der Waals surface area contributed by atoms with Gasteiger partial charge in [0.15, 0.2) is 0 Å². The molecule has 0 bridgehead atoms. The first-order valence-corrected chi connectivity index (χ1v) is 11.1. The summed E-state index contributed by atoms with van der Waals surface area (Å²) in [6.45, 7) is 4.07. The molecule has 0 aromatic heterocycles. The van der Waals surface area contributed by atoms with Crippen molar-refractivity contribution in [3.05, 3.63) is 83.6 Å². The summed E-state index contributed by atoms with van der Waals surface area (Å²) in [6, 6.07) is 10.1. The number of benzene rings is 2. The molecule has 2 atom stereocenters. The SMILES string of the molecule is CCS(=O)(=O)[N+]1(C(C)c2ccc(-c3ccc(F)cc3F)cc2)C=C(CN)C=CC1. The van der Waals surface area contributed by atoms with Gasteiger partial charge in [-0.15, -0.1) is 0 Å². The first-order valence-electron chi connectivity index (χ1n) is 9.48. The molecule has 29 heavy (non-hydrogen) atoms. The zero-order chi connectivity index (χ0) is 21.2. The number of rotatable bonds is 6. The minimum Gasteiger partial charge on any atom is -0.326 e. The van der Waals surface area contributed by atoms with Crippen LogP contribution < -0.4 is 5.73 Å². The third-order valence-corrected chi connectivity index (χ3v) is 7.85. The zero-order valence-electron chi connectivity index (χ0n) is 16.5. The lowest BCUT2D eigenvalue weighted by Gasteiger charge is -2.39. The quantitative estimate of drug-likeness (QED) is 0.712. The van der Waals surface area contributed by atoms with Gasteiger partial charge in [0, 0.05) is 29.3 Å². The van der Waals surface area contributed by atoms with Gasteiger partial charge in [-0.05, 0) is 37.6 Å². The Labute approximate surface area is 170 Å². The molecule has 0 fully saturated rings. The molecule has 2 N–H and O–H groups in total. The number of halogens is 2. The van der Waals surface area contributed by atoms with Gasteiger partial charge in [-0.3, -0.25) is 0 Å². The van der Waals surface area contributed by atoms with E-state index in [9.17, 15) is 17.2 Å². The molecule has 154 valence electrons. The van der Waals surface area contributed by atoms with Crippen LogP contribution in [-0.2, 0) is 10.0 Å². The van der Waals surface area contributed by atoms with Crippen molar-refractivity contribution < 1.29 is 21.1 Å². The minimum absolute atomic E-state index is 0.00158. The van der Waals surface area contributed by atoms with E-state index in [1.807, 2.05) is 19.1 Å². The van der Waals surface area contributed by atoms with E-state index in [4.69, 9.17) is 5.73 Å². The van der Waals surface area contributed by atoms with Gasteiger partial charge in [-0.25, -0.2) is 8.78 Å². The zero-order valence-corrected chi connectivity index (χ0v) is 17.3. The number of hydrogen-bond donors (Lipinski definition) is 1. The Hall–Kier alpha value is -2.35. The molecule has 4 nitrogen and oxygen atoms in total. The van der Waals surface area contributed by atoms with Gasteiger partial charge >= 0.3 is 10.0 Å². The van der Waals surface area contributed by atoms with E-state index in [1.54, 1.807) is 37.4 Å². The Balaban J connectivity index is 2.02. The van der Waals surface area contributed by atoms with Gasteiger partial charge < -0.3 is 5.73 Å². The summed E-state index contributed by atoms with van der Waals surface area (Å²) in [5.74, 6) is -1.27. The molecule has 0 saturated heterocycles. The van der Waals surface area contributed by atoms with Gasteiger partial charge in [-0.1, -0.05) is 30.3 Å². The van der Waals surface area contributed by atoms with Crippen molar-refractivity contribution in [3.8, 4) is 11.1 Å². The van der Waals surface area contributed by atoms with Gasteiger partial charge in [0.2, 0.25) is 0 Å². The summed E-state index contributed by atoms with van der Waals surface area (Å²) in [6.07, 6.45) is 5.43. The van der Waals surface area contributed by atoms with Crippen molar-refractivity contribution in [1.82, 2.24) is 0 Å². The number of nitrogens with two attached hydrogens (primary N) is 1. The van der Waals surface area contributed by atoms with E-state index in [0.29, 0.717) is 17.7 Å². The fourth-order valence-electron chi connectivity index (χ4n) is 3.73. The predicted molar refractivity (Wildman–Crippen MR) is 111 cm³/mol. The highest BCUT2D eigenvalue weighted by Gasteiger charge is 2.45. The largest absolute Gasteiger partial charge is 0.326 e. The molecule has 2 unspecified atom stereocenters. The Kier molecular flexibility index (Phi) is 6.03. The third-order valence-electron chi connectivity index (χ3n) is 5.52. The number of hydrogen-bond acceptors (Lipinski definition) is 3. The lowest BCUT2D eigenvalue weighted by Crippen LogP contribution is -2.52. The average Bonchev–Trinajstić information content (AvgIpc) is 2.73. The topological polar surface area (TPSA) is 60.2 Å². The molecule has 2 aromatic carbocycles. The second-order valence-corrected chi connectivity index (χ2v) is 9.56. The first-order chi connectivity index (χ1) is 13.7. The summed E-state index contributed by atoms with van der Waals surface area (Å²) < 4.78 is 53.2. The van der Waals surface area contributed by atoms with Crippen molar-refractivity contribution in [2.24, 2.45) is 5.73 Å². The lowest BCUT2D eigenvalue weighted by molar-refractivity contribution is -0.779. The van der Waals surface area contributed by atoms with Crippen LogP contribution in [0.3, 0.4) is 0 Å². The smallest absolute Gasteiger partial charge is 0.301 e. The van der Waals surface area contributed by atoms with Crippen LogP contribution in [0, 0.1) is 11.6 Å². The molecule has 1 aliphatic heterocycles. The summed E-state index contributed by atoms with van der Waals surface area (Å²) in [5.41, 5.74) is 8.23. The highest BCUT2D eigenvalue weighted by molar-refractivity contribution is 7.85. The number of quaternary nitrogens is 1. The van der Waals surface area contributed by atoms with Crippen molar-refractivity contribution in [1.29, 1.82) is 0 Å². The minimum atomic E-state index is -3.49. The third kappa shape index (κ3) is 3.90.